The second kappa shape index (κ2) is 11.3. The lowest BCUT2D eigenvalue weighted by Crippen LogP contribution is -1.90. The number of rotatable bonds is 4. The van der Waals surface area contributed by atoms with Gasteiger partial charge in [-0.2, -0.15) is 0 Å². The number of hydrogen-bond acceptors (Lipinski definition) is 2. The van der Waals surface area contributed by atoms with Crippen molar-refractivity contribution in [1.82, 2.24) is 0 Å². The standard InChI is InChI=1S/C50H30O2/c1-2-11-33(12-3-1)47-39-14-6-8-16-41(39)48(42-17-9-7-15-40(42)47)34-21-18-32(19-22-34)36-24-25-38-43-26-27-45-49(50(43)52-46(38)29-36)44(30-51-45)37-23-20-31-10-4-5-13-35(31)28-37/h1-30H. The molecule has 11 aromatic rings. The van der Waals surface area contributed by atoms with Crippen molar-refractivity contribution in [2.24, 2.45) is 0 Å². The molecule has 2 aromatic heterocycles. The molecule has 0 spiro atoms. The van der Waals surface area contributed by atoms with E-state index in [0.29, 0.717) is 0 Å². The fourth-order valence-electron chi connectivity index (χ4n) is 8.29. The molecule has 0 fully saturated rings. The highest BCUT2D eigenvalue weighted by Crippen LogP contribution is 2.45. The van der Waals surface area contributed by atoms with E-state index in [1.54, 1.807) is 0 Å². The minimum atomic E-state index is 0.822. The quantitative estimate of drug-likeness (QED) is 0.175. The lowest BCUT2D eigenvalue weighted by molar-refractivity contribution is 0.616. The van der Waals surface area contributed by atoms with Gasteiger partial charge in [-0.25, -0.2) is 0 Å². The molecule has 2 heteroatoms. The Bertz CT molecular complexity index is 3100. The van der Waals surface area contributed by atoms with E-state index >= 15 is 0 Å². The Balaban J connectivity index is 1.02. The van der Waals surface area contributed by atoms with Crippen LogP contribution in [-0.4, -0.2) is 0 Å². The summed E-state index contributed by atoms with van der Waals surface area (Å²) >= 11 is 0. The third kappa shape index (κ3) is 4.38. The molecule has 9 aromatic carbocycles. The van der Waals surface area contributed by atoms with Crippen molar-refractivity contribution in [2.45, 2.75) is 0 Å². The van der Waals surface area contributed by atoms with Crippen LogP contribution in [-0.2, 0) is 0 Å². The fourth-order valence-corrected chi connectivity index (χ4v) is 8.29. The minimum absolute atomic E-state index is 0.822. The van der Waals surface area contributed by atoms with E-state index in [1.165, 1.54) is 54.6 Å². The van der Waals surface area contributed by atoms with Crippen molar-refractivity contribution in [2.75, 3.05) is 0 Å². The van der Waals surface area contributed by atoms with Gasteiger partial charge >= 0.3 is 0 Å². The molecular formula is C50H30O2. The monoisotopic (exact) mass is 662 g/mol. The Labute approximate surface area is 299 Å². The van der Waals surface area contributed by atoms with E-state index in [0.717, 1.165) is 55.2 Å². The minimum Gasteiger partial charge on any atom is -0.464 e. The summed E-state index contributed by atoms with van der Waals surface area (Å²) in [5.41, 5.74) is 11.9. The van der Waals surface area contributed by atoms with Gasteiger partial charge in [0.25, 0.3) is 0 Å². The second-order valence-corrected chi connectivity index (χ2v) is 13.6. The number of benzene rings is 9. The summed E-state index contributed by atoms with van der Waals surface area (Å²) in [6, 6.07) is 63.1. The first-order valence-corrected chi connectivity index (χ1v) is 17.7. The molecule has 0 unspecified atom stereocenters. The molecule has 2 nitrogen and oxygen atoms in total. The van der Waals surface area contributed by atoms with E-state index in [-0.39, 0.29) is 0 Å². The number of furan rings is 2. The molecule has 0 aliphatic rings. The molecular weight excluding hydrogens is 633 g/mol. The SMILES string of the molecule is c1ccc(-c2c3ccccc3c(-c3ccc(-c4ccc5c(c4)oc4c5ccc5occ(-c6ccc7ccccc7c6)c54)cc3)c3ccccc23)cc1. The van der Waals surface area contributed by atoms with Crippen LogP contribution in [0.15, 0.2) is 191 Å². The van der Waals surface area contributed by atoms with Crippen LogP contribution in [0.1, 0.15) is 0 Å². The van der Waals surface area contributed by atoms with E-state index in [1.807, 2.05) is 6.26 Å². The van der Waals surface area contributed by atoms with Crippen LogP contribution in [0.4, 0.5) is 0 Å². The van der Waals surface area contributed by atoms with Crippen molar-refractivity contribution >= 4 is 65.2 Å². The van der Waals surface area contributed by atoms with Crippen molar-refractivity contribution in [3.8, 4) is 44.5 Å². The van der Waals surface area contributed by atoms with Gasteiger partial charge in [0, 0.05) is 16.3 Å². The maximum absolute atomic E-state index is 6.71. The van der Waals surface area contributed by atoms with E-state index in [9.17, 15) is 0 Å². The first-order chi connectivity index (χ1) is 25.8. The molecule has 0 amide bonds. The topological polar surface area (TPSA) is 26.3 Å². The molecule has 0 N–H and O–H groups in total. The predicted molar refractivity (Wildman–Crippen MR) is 218 cm³/mol. The van der Waals surface area contributed by atoms with E-state index in [4.69, 9.17) is 8.83 Å². The predicted octanol–water partition coefficient (Wildman–Crippen LogP) is 14.5. The Morgan fingerprint density at radius 2 is 0.885 bits per heavy atom. The van der Waals surface area contributed by atoms with Crippen LogP contribution in [0.5, 0.6) is 0 Å². The van der Waals surface area contributed by atoms with Crippen LogP contribution in [0.3, 0.4) is 0 Å². The van der Waals surface area contributed by atoms with Crippen molar-refractivity contribution in [1.29, 1.82) is 0 Å². The van der Waals surface area contributed by atoms with Gasteiger partial charge in [0.15, 0.2) is 0 Å². The molecule has 0 saturated carbocycles. The molecule has 0 aliphatic carbocycles. The maximum atomic E-state index is 6.71. The highest BCUT2D eigenvalue weighted by molar-refractivity contribution is 6.22. The molecule has 0 aliphatic heterocycles. The van der Waals surface area contributed by atoms with Gasteiger partial charge < -0.3 is 8.83 Å². The number of fused-ring (bicyclic) bond motifs is 8. The molecule has 0 atom stereocenters. The lowest BCUT2D eigenvalue weighted by atomic mass is 9.86. The van der Waals surface area contributed by atoms with Gasteiger partial charge in [-0.05, 0) is 102 Å². The van der Waals surface area contributed by atoms with Gasteiger partial charge in [-0.1, -0.05) is 146 Å². The Hall–Kier alpha value is -6.90. The Kier molecular flexibility index (Phi) is 6.28. The summed E-state index contributed by atoms with van der Waals surface area (Å²) in [6.07, 6.45) is 1.86. The van der Waals surface area contributed by atoms with Gasteiger partial charge in [0.05, 0.1) is 11.6 Å². The first kappa shape index (κ1) is 28.9. The van der Waals surface area contributed by atoms with Crippen molar-refractivity contribution in [3.63, 3.8) is 0 Å². The van der Waals surface area contributed by atoms with Crippen molar-refractivity contribution in [3.05, 3.63) is 182 Å². The summed E-state index contributed by atoms with van der Waals surface area (Å²) < 4.78 is 12.8. The zero-order chi connectivity index (χ0) is 34.2. The molecule has 242 valence electrons. The van der Waals surface area contributed by atoms with Crippen molar-refractivity contribution < 1.29 is 8.83 Å². The summed E-state index contributed by atoms with van der Waals surface area (Å²) in [5.74, 6) is 0. The van der Waals surface area contributed by atoms with E-state index in [2.05, 4.69) is 176 Å². The largest absolute Gasteiger partial charge is 0.464 e. The van der Waals surface area contributed by atoms with Crippen LogP contribution in [0.25, 0.3) is 110 Å². The van der Waals surface area contributed by atoms with Crippen LogP contribution >= 0.6 is 0 Å². The number of hydrogen-bond donors (Lipinski definition) is 0. The van der Waals surface area contributed by atoms with Gasteiger partial charge in [-0.3, -0.25) is 0 Å². The highest BCUT2D eigenvalue weighted by atomic mass is 16.3. The Morgan fingerprint density at radius 3 is 1.60 bits per heavy atom. The van der Waals surface area contributed by atoms with Gasteiger partial charge in [-0.15, -0.1) is 0 Å². The summed E-state index contributed by atoms with van der Waals surface area (Å²) in [4.78, 5) is 0. The summed E-state index contributed by atoms with van der Waals surface area (Å²) in [5, 5.41) is 10.6. The zero-order valence-electron chi connectivity index (χ0n) is 28.1. The van der Waals surface area contributed by atoms with Crippen LogP contribution < -0.4 is 0 Å². The molecule has 0 bridgehead atoms. The zero-order valence-corrected chi connectivity index (χ0v) is 28.1. The molecule has 52 heavy (non-hydrogen) atoms. The average molecular weight is 663 g/mol. The Morgan fingerprint density at radius 1 is 0.327 bits per heavy atom. The smallest absolute Gasteiger partial charge is 0.147 e. The fraction of sp³-hybridized carbons (Fsp3) is 0. The average Bonchev–Trinajstić information content (AvgIpc) is 3.82. The molecule has 2 heterocycles. The third-order valence-electron chi connectivity index (χ3n) is 10.7. The third-order valence-corrected chi connectivity index (χ3v) is 10.7. The molecule has 0 saturated heterocycles. The van der Waals surface area contributed by atoms with E-state index < -0.39 is 0 Å². The van der Waals surface area contributed by atoms with Crippen LogP contribution in [0.2, 0.25) is 0 Å². The first-order valence-electron chi connectivity index (χ1n) is 17.7. The highest BCUT2D eigenvalue weighted by Gasteiger charge is 2.19. The molecule has 0 radical (unpaired) electrons. The maximum Gasteiger partial charge on any atom is 0.147 e. The van der Waals surface area contributed by atoms with Gasteiger partial charge in [0.2, 0.25) is 0 Å². The van der Waals surface area contributed by atoms with Gasteiger partial charge in [0.1, 0.15) is 16.7 Å². The summed E-state index contributed by atoms with van der Waals surface area (Å²) in [6.45, 7) is 0. The summed E-state index contributed by atoms with van der Waals surface area (Å²) in [7, 11) is 0. The van der Waals surface area contributed by atoms with Crippen LogP contribution in [0, 0.1) is 0 Å². The molecule has 11 rings (SSSR count). The second-order valence-electron chi connectivity index (χ2n) is 13.6. The lowest BCUT2D eigenvalue weighted by Gasteiger charge is -2.18. The normalized spacial score (nSPS) is 11.8.